The number of ketones is 1. The normalized spacial score (nSPS) is 11.0. The fourth-order valence-electron chi connectivity index (χ4n) is 1.18. The average Bonchev–Trinajstić information content (AvgIpc) is 2.36. The molecule has 0 aromatic heterocycles. The maximum absolute atomic E-state index is 11.7. The Bertz CT molecular complexity index is 547. The standard InChI is InChI=1S/C11H13NO5S/c1-8(13)9-3-5-10(6-4-9)18(15,16)12-7-11(14)17-2/h3-6,12H,7H2,1-2H3. The molecule has 0 saturated carbocycles. The second kappa shape index (κ2) is 5.74. The van der Waals surface area contributed by atoms with Crippen LogP contribution in [0.4, 0.5) is 0 Å². The molecular weight excluding hydrogens is 258 g/mol. The molecule has 0 aliphatic rings. The molecule has 0 aliphatic carbocycles. The molecule has 0 radical (unpaired) electrons. The largest absolute Gasteiger partial charge is 0.468 e. The van der Waals surface area contributed by atoms with Crippen LogP contribution in [0.1, 0.15) is 17.3 Å². The first kappa shape index (κ1) is 14.3. The molecule has 0 spiro atoms. The summed E-state index contributed by atoms with van der Waals surface area (Å²) in [5, 5.41) is 0. The number of ether oxygens (including phenoxy) is 1. The van der Waals surface area contributed by atoms with Gasteiger partial charge in [0.1, 0.15) is 6.54 Å². The van der Waals surface area contributed by atoms with Gasteiger partial charge < -0.3 is 4.74 Å². The minimum Gasteiger partial charge on any atom is -0.468 e. The quantitative estimate of drug-likeness (QED) is 0.616. The first-order valence-electron chi connectivity index (χ1n) is 5.04. The third kappa shape index (κ3) is 3.64. The molecule has 0 atom stereocenters. The molecule has 0 heterocycles. The number of carbonyl (C=O) groups is 2. The minimum absolute atomic E-state index is 0.0172. The van der Waals surface area contributed by atoms with Crippen molar-refractivity contribution < 1.29 is 22.7 Å². The van der Waals surface area contributed by atoms with Gasteiger partial charge >= 0.3 is 5.97 Å². The Balaban J connectivity index is 2.85. The van der Waals surface area contributed by atoms with E-state index in [0.29, 0.717) is 5.56 Å². The lowest BCUT2D eigenvalue weighted by Gasteiger charge is -2.06. The number of sulfonamides is 1. The third-order valence-electron chi connectivity index (χ3n) is 2.21. The topological polar surface area (TPSA) is 89.5 Å². The molecule has 1 aromatic rings. The second-order valence-electron chi connectivity index (χ2n) is 3.48. The number of hydrogen-bond donors (Lipinski definition) is 1. The van der Waals surface area contributed by atoms with Crippen LogP contribution in [0.25, 0.3) is 0 Å². The van der Waals surface area contributed by atoms with E-state index in [1.165, 1.54) is 31.2 Å². The van der Waals surface area contributed by atoms with Crippen molar-refractivity contribution in [2.24, 2.45) is 0 Å². The van der Waals surface area contributed by atoms with Gasteiger partial charge in [-0.1, -0.05) is 12.1 Å². The lowest BCUT2D eigenvalue weighted by molar-refractivity contribution is -0.139. The summed E-state index contributed by atoms with van der Waals surface area (Å²) in [6.07, 6.45) is 0. The van der Waals surface area contributed by atoms with Crippen molar-refractivity contribution >= 4 is 21.8 Å². The number of carbonyl (C=O) groups excluding carboxylic acids is 2. The number of benzene rings is 1. The summed E-state index contributed by atoms with van der Waals surface area (Å²) in [7, 11) is -2.61. The van der Waals surface area contributed by atoms with E-state index in [1.54, 1.807) is 0 Å². The van der Waals surface area contributed by atoms with Crippen LogP contribution in [0.3, 0.4) is 0 Å². The molecule has 0 amide bonds. The number of Topliss-reactive ketones (excluding diaryl/α,β-unsaturated/α-hetero) is 1. The first-order chi connectivity index (χ1) is 8.36. The predicted octanol–water partition coefficient (Wildman–Crippen LogP) is 0.340. The highest BCUT2D eigenvalue weighted by molar-refractivity contribution is 7.89. The van der Waals surface area contributed by atoms with E-state index in [2.05, 4.69) is 9.46 Å². The molecular formula is C11H13NO5S. The van der Waals surface area contributed by atoms with Crippen LogP contribution in [-0.2, 0) is 19.6 Å². The zero-order valence-electron chi connectivity index (χ0n) is 9.97. The smallest absolute Gasteiger partial charge is 0.320 e. The second-order valence-corrected chi connectivity index (χ2v) is 5.25. The Morgan fingerprint density at radius 2 is 1.78 bits per heavy atom. The summed E-state index contributed by atoms with van der Waals surface area (Å²) < 4.78 is 29.9. The summed E-state index contributed by atoms with van der Waals surface area (Å²) in [5.74, 6) is -0.833. The van der Waals surface area contributed by atoms with Gasteiger partial charge in [-0.05, 0) is 19.1 Å². The van der Waals surface area contributed by atoms with Gasteiger partial charge in [0.2, 0.25) is 10.0 Å². The van der Waals surface area contributed by atoms with Crippen LogP contribution in [-0.4, -0.2) is 33.8 Å². The van der Waals surface area contributed by atoms with Crippen LogP contribution in [0, 0.1) is 0 Å². The SMILES string of the molecule is COC(=O)CNS(=O)(=O)c1ccc(C(C)=O)cc1. The van der Waals surface area contributed by atoms with Crippen molar-refractivity contribution in [3.05, 3.63) is 29.8 Å². The van der Waals surface area contributed by atoms with Gasteiger partial charge in [-0.3, -0.25) is 9.59 Å². The van der Waals surface area contributed by atoms with Crippen LogP contribution in [0.2, 0.25) is 0 Å². The Kier molecular flexibility index (Phi) is 4.57. The maximum atomic E-state index is 11.7. The van der Waals surface area contributed by atoms with Crippen LogP contribution in [0.5, 0.6) is 0 Å². The van der Waals surface area contributed by atoms with Crippen molar-refractivity contribution in [2.45, 2.75) is 11.8 Å². The molecule has 1 N–H and O–H groups in total. The van der Waals surface area contributed by atoms with Gasteiger partial charge in [0, 0.05) is 5.56 Å². The molecule has 18 heavy (non-hydrogen) atoms. The minimum atomic E-state index is -3.77. The van der Waals surface area contributed by atoms with Gasteiger partial charge in [0.25, 0.3) is 0 Å². The average molecular weight is 271 g/mol. The molecule has 0 saturated heterocycles. The summed E-state index contributed by atoms with van der Waals surface area (Å²) in [6, 6.07) is 5.43. The number of rotatable bonds is 5. The van der Waals surface area contributed by atoms with Crippen LogP contribution < -0.4 is 4.72 Å². The fraction of sp³-hybridized carbons (Fsp3) is 0.273. The van der Waals surface area contributed by atoms with Gasteiger partial charge in [-0.15, -0.1) is 0 Å². The van der Waals surface area contributed by atoms with Gasteiger partial charge in [0.15, 0.2) is 5.78 Å². The van der Waals surface area contributed by atoms with E-state index < -0.39 is 22.5 Å². The van der Waals surface area contributed by atoms with E-state index in [9.17, 15) is 18.0 Å². The highest BCUT2D eigenvalue weighted by Crippen LogP contribution is 2.10. The van der Waals surface area contributed by atoms with Crippen molar-refractivity contribution in [1.82, 2.24) is 4.72 Å². The summed E-state index contributed by atoms with van der Waals surface area (Å²) in [4.78, 5) is 21.9. The molecule has 0 bridgehead atoms. The molecule has 1 rings (SSSR count). The number of hydrogen-bond acceptors (Lipinski definition) is 5. The lowest BCUT2D eigenvalue weighted by Crippen LogP contribution is -2.30. The summed E-state index contributed by atoms with van der Waals surface area (Å²) in [5.41, 5.74) is 0.418. The zero-order chi connectivity index (χ0) is 13.8. The highest BCUT2D eigenvalue weighted by Gasteiger charge is 2.15. The van der Waals surface area contributed by atoms with Crippen molar-refractivity contribution in [3.8, 4) is 0 Å². The Morgan fingerprint density at radius 3 is 2.22 bits per heavy atom. The number of nitrogens with one attached hydrogen (secondary N) is 1. The van der Waals surface area contributed by atoms with E-state index in [4.69, 9.17) is 0 Å². The summed E-state index contributed by atoms with van der Waals surface area (Å²) in [6.45, 7) is 0.951. The number of esters is 1. The van der Waals surface area contributed by atoms with E-state index in [1.807, 2.05) is 0 Å². The molecule has 1 aromatic carbocycles. The zero-order valence-corrected chi connectivity index (χ0v) is 10.8. The molecule has 0 unspecified atom stereocenters. The third-order valence-corrected chi connectivity index (χ3v) is 3.62. The van der Waals surface area contributed by atoms with Crippen molar-refractivity contribution in [3.63, 3.8) is 0 Å². The molecule has 6 nitrogen and oxygen atoms in total. The van der Waals surface area contributed by atoms with E-state index in [-0.39, 0.29) is 10.7 Å². The van der Waals surface area contributed by atoms with Gasteiger partial charge in [-0.25, -0.2) is 8.42 Å². The van der Waals surface area contributed by atoms with Gasteiger partial charge in [-0.2, -0.15) is 4.72 Å². The lowest BCUT2D eigenvalue weighted by atomic mass is 10.2. The molecule has 98 valence electrons. The van der Waals surface area contributed by atoms with E-state index in [0.717, 1.165) is 7.11 Å². The number of methoxy groups -OCH3 is 1. The maximum Gasteiger partial charge on any atom is 0.320 e. The predicted molar refractivity (Wildman–Crippen MR) is 63.7 cm³/mol. The molecule has 0 aliphatic heterocycles. The van der Waals surface area contributed by atoms with E-state index >= 15 is 0 Å². The Labute approximate surface area is 105 Å². The van der Waals surface area contributed by atoms with Gasteiger partial charge in [0.05, 0.1) is 12.0 Å². The van der Waals surface area contributed by atoms with Crippen molar-refractivity contribution in [2.75, 3.05) is 13.7 Å². The Morgan fingerprint density at radius 1 is 1.22 bits per heavy atom. The highest BCUT2D eigenvalue weighted by atomic mass is 32.2. The Hall–Kier alpha value is -1.73. The monoisotopic (exact) mass is 271 g/mol. The molecule has 0 fully saturated rings. The van der Waals surface area contributed by atoms with Crippen LogP contribution in [0.15, 0.2) is 29.2 Å². The summed E-state index contributed by atoms with van der Waals surface area (Å²) >= 11 is 0. The van der Waals surface area contributed by atoms with Crippen molar-refractivity contribution in [1.29, 1.82) is 0 Å². The molecule has 7 heteroatoms. The fourth-order valence-corrected chi connectivity index (χ4v) is 2.15. The van der Waals surface area contributed by atoms with Crippen LogP contribution >= 0.6 is 0 Å². The first-order valence-corrected chi connectivity index (χ1v) is 6.52.